The van der Waals surface area contributed by atoms with Crippen molar-refractivity contribution in [2.24, 2.45) is 5.41 Å². The molecule has 418 valence electrons. The molecular weight excluding hydrogens is 1030 g/mol. The molecule has 2 heterocycles. The van der Waals surface area contributed by atoms with E-state index in [1.807, 2.05) is 55.7 Å². The first-order chi connectivity index (χ1) is 36.1. The number of hydrogen-bond acceptors (Lipinski definition) is 13. The number of carbonyl (C=O) groups is 7. The molecule has 4 rings (SSSR count). The van der Waals surface area contributed by atoms with Gasteiger partial charge in [0.2, 0.25) is 17.7 Å². The van der Waals surface area contributed by atoms with Gasteiger partial charge in [-0.3, -0.25) is 28.9 Å². The molecule has 1 aliphatic rings. The minimum atomic E-state index is -1.50. The van der Waals surface area contributed by atoms with Crippen LogP contribution in [-0.4, -0.2) is 178 Å². The van der Waals surface area contributed by atoms with Gasteiger partial charge in [0.1, 0.15) is 30.8 Å². The maximum absolute atomic E-state index is 15.4. The zero-order valence-electron chi connectivity index (χ0n) is 44.4. The van der Waals surface area contributed by atoms with Gasteiger partial charge in [-0.1, -0.05) is 70.7 Å². The Bertz CT molecular complexity index is 2420. The summed E-state index contributed by atoms with van der Waals surface area (Å²) >= 11 is 4.26. The molecule has 76 heavy (non-hydrogen) atoms. The summed E-state index contributed by atoms with van der Waals surface area (Å²) in [6, 6.07) is 12.8. The second kappa shape index (κ2) is 31.3. The maximum atomic E-state index is 15.4. The standard InChI is InChI=1S/C53H74F2N6O13SSi/c1-53(2,3)50(43-31-39(41-32-40(54)13-14-42(41)55)34-58(43)33-38-11-8-7-9-12-38)59(20-10-18-57-52(69)74-29-30-76(4,5)6)49(66)36-60(44(37-75)51(67)68)48(65)17-21-70-23-25-72-27-28-73-26-24-71-22-19-56-45(62)35-61-46(63)15-16-47(61)64/h7-9,11-16,31-32,34,44,50,75H,10,17-30,33,35-37H2,1-6H3,(H,56,62)(H,57,69)(H,67,68). The average Bonchev–Trinajstić information content (AvgIpc) is 3.90. The maximum Gasteiger partial charge on any atom is 0.407 e. The van der Waals surface area contributed by atoms with Gasteiger partial charge in [0.15, 0.2) is 0 Å². The van der Waals surface area contributed by atoms with Crippen LogP contribution in [-0.2, 0) is 59.0 Å². The number of thiol groups is 1. The summed E-state index contributed by atoms with van der Waals surface area (Å²) < 4.78 is 59.5. The predicted octanol–water partition coefficient (Wildman–Crippen LogP) is 5.56. The second-order valence-corrected chi connectivity index (χ2v) is 26.2. The molecule has 0 saturated heterocycles. The van der Waals surface area contributed by atoms with Crippen LogP contribution in [0.4, 0.5) is 13.6 Å². The van der Waals surface area contributed by atoms with Crippen LogP contribution >= 0.6 is 12.6 Å². The molecule has 3 aromatic rings. The van der Waals surface area contributed by atoms with Crippen molar-refractivity contribution in [3.8, 4) is 11.1 Å². The van der Waals surface area contributed by atoms with Gasteiger partial charge in [0.05, 0.1) is 71.9 Å². The molecule has 1 aliphatic heterocycles. The number of hydrogen-bond donors (Lipinski definition) is 4. The molecular formula is C53H74F2N6O13SSi. The quantitative estimate of drug-likeness (QED) is 0.0249. The molecule has 0 spiro atoms. The van der Waals surface area contributed by atoms with Crippen LogP contribution in [0.25, 0.3) is 11.1 Å². The molecule has 0 radical (unpaired) electrons. The number of aromatic nitrogens is 1. The van der Waals surface area contributed by atoms with Gasteiger partial charge in [0, 0.05) is 75.2 Å². The first kappa shape index (κ1) is 62.6. The Balaban J connectivity index is 1.40. The minimum absolute atomic E-state index is 0.0132. The van der Waals surface area contributed by atoms with E-state index in [0.29, 0.717) is 11.3 Å². The number of carbonyl (C=O) groups excluding carboxylic acids is 6. The van der Waals surface area contributed by atoms with E-state index >= 15 is 9.18 Å². The Morgan fingerprint density at radius 3 is 1.99 bits per heavy atom. The summed E-state index contributed by atoms with van der Waals surface area (Å²) in [6.07, 6.45) is 3.26. The van der Waals surface area contributed by atoms with Crippen molar-refractivity contribution < 1.29 is 71.1 Å². The van der Waals surface area contributed by atoms with Gasteiger partial charge in [-0.05, 0) is 47.7 Å². The molecule has 19 nitrogen and oxygen atoms in total. The van der Waals surface area contributed by atoms with Crippen LogP contribution in [0.15, 0.2) is 72.9 Å². The van der Waals surface area contributed by atoms with Crippen molar-refractivity contribution in [1.29, 1.82) is 0 Å². The van der Waals surface area contributed by atoms with Crippen LogP contribution in [0.3, 0.4) is 0 Å². The number of alkyl carbamates (subject to hydrolysis) is 1. The van der Waals surface area contributed by atoms with Gasteiger partial charge in [-0.2, -0.15) is 12.6 Å². The van der Waals surface area contributed by atoms with E-state index in [9.17, 15) is 38.3 Å². The Morgan fingerprint density at radius 2 is 1.39 bits per heavy atom. The highest BCUT2D eigenvalue weighted by Crippen LogP contribution is 2.41. The molecule has 0 bridgehead atoms. The second-order valence-electron chi connectivity index (χ2n) is 20.2. The number of rotatable bonds is 34. The molecule has 0 saturated carbocycles. The van der Waals surface area contributed by atoms with Crippen LogP contribution in [0.2, 0.25) is 25.7 Å². The number of imide groups is 1. The zero-order chi connectivity index (χ0) is 55.8. The molecule has 6 amide bonds. The normalized spacial score (nSPS) is 13.4. The number of amides is 6. The third-order valence-electron chi connectivity index (χ3n) is 11.8. The largest absolute Gasteiger partial charge is 0.480 e. The third kappa shape index (κ3) is 21.2. The fourth-order valence-electron chi connectivity index (χ4n) is 7.98. The molecule has 23 heteroatoms. The van der Waals surface area contributed by atoms with Crippen LogP contribution in [0.5, 0.6) is 0 Å². The molecule has 2 atom stereocenters. The molecule has 2 unspecified atom stereocenters. The lowest BCUT2D eigenvalue weighted by atomic mass is 9.82. The predicted molar refractivity (Wildman–Crippen MR) is 285 cm³/mol. The number of carboxylic acid groups (broad SMARTS) is 1. The lowest BCUT2D eigenvalue weighted by molar-refractivity contribution is -0.153. The lowest BCUT2D eigenvalue weighted by Crippen LogP contribution is -2.53. The van der Waals surface area contributed by atoms with Gasteiger partial charge in [-0.25, -0.2) is 18.4 Å². The van der Waals surface area contributed by atoms with E-state index in [1.54, 1.807) is 17.2 Å². The zero-order valence-corrected chi connectivity index (χ0v) is 46.3. The average molecular weight is 1100 g/mol. The first-order valence-corrected chi connectivity index (χ1v) is 29.6. The Kier molecular flexibility index (Phi) is 25.8. The Hall–Kier alpha value is -5.98. The highest BCUT2D eigenvalue weighted by atomic mass is 32.1. The minimum Gasteiger partial charge on any atom is -0.480 e. The van der Waals surface area contributed by atoms with Crippen LogP contribution in [0.1, 0.15) is 50.9 Å². The van der Waals surface area contributed by atoms with Crippen molar-refractivity contribution in [2.45, 2.75) is 77.9 Å². The fourth-order valence-corrected chi connectivity index (χ4v) is 9.05. The third-order valence-corrected chi connectivity index (χ3v) is 13.9. The number of ether oxygens (including phenoxy) is 5. The molecule has 3 N–H and O–H groups in total. The Morgan fingerprint density at radius 1 is 0.776 bits per heavy atom. The lowest BCUT2D eigenvalue weighted by Gasteiger charge is -2.42. The van der Waals surface area contributed by atoms with Crippen molar-refractivity contribution in [1.82, 2.24) is 29.9 Å². The van der Waals surface area contributed by atoms with E-state index in [4.69, 9.17) is 23.7 Å². The molecule has 1 aromatic heterocycles. The van der Waals surface area contributed by atoms with Gasteiger partial charge < -0.3 is 53.8 Å². The topological polar surface area (TPSA) is 225 Å². The summed E-state index contributed by atoms with van der Waals surface area (Å²) in [6.45, 7) is 13.4. The summed E-state index contributed by atoms with van der Waals surface area (Å²) in [5, 5.41) is 15.6. The number of benzene rings is 2. The molecule has 0 aliphatic carbocycles. The van der Waals surface area contributed by atoms with Crippen molar-refractivity contribution >= 4 is 62.3 Å². The van der Waals surface area contributed by atoms with E-state index in [1.165, 1.54) is 0 Å². The molecule has 0 fully saturated rings. The Labute approximate surface area is 450 Å². The van der Waals surface area contributed by atoms with Crippen LogP contribution in [0, 0.1) is 17.0 Å². The summed E-state index contributed by atoms with van der Waals surface area (Å²) in [4.78, 5) is 92.9. The van der Waals surface area contributed by atoms with Crippen molar-refractivity contribution in [3.05, 3.63) is 95.8 Å². The number of nitrogens with zero attached hydrogens (tertiary/aromatic N) is 4. The van der Waals surface area contributed by atoms with E-state index in [0.717, 1.165) is 51.8 Å². The van der Waals surface area contributed by atoms with Crippen molar-refractivity contribution in [3.63, 3.8) is 0 Å². The molecule has 2 aromatic carbocycles. The van der Waals surface area contributed by atoms with Crippen molar-refractivity contribution in [2.75, 3.05) is 97.9 Å². The fraction of sp³-hybridized carbons (Fsp3) is 0.528. The van der Waals surface area contributed by atoms with E-state index < -0.39 is 85.4 Å². The van der Waals surface area contributed by atoms with Gasteiger partial charge in [-0.15, -0.1) is 0 Å². The van der Waals surface area contributed by atoms with Crippen LogP contribution < -0.4 is 10.6 Å². The number of aliphatic carboxylic acids is 1. The summed E-state index contributed by atoms with van der Waals surface area (Å²) in [5.41, 5.74) is 1.05. The number of halogens is 2. The smallest absolute Gasteiger partial charge is 0.407 e. The number of nitrogens with one attached hydrogen (secondary N) is 2. The monoisotopic (exact) mass is 1100 g/mol. The number of carboxylic acids is 1. The van der Waals surface area contributed by atoms with Gasteiger partial charge >= 0.3 is 12.1 Å². The SMILES string of the molecule is CC(C)(C)C(c1cc(-c2cc(F)ccc2F)cn1Cc1ccccc1)N(CCCNC(=O)OCC[Si](C)(C)C)C(=O)CN(C(=O)CCOCCOCCOCCOCCNC(=O)CN1C(=O)C=CC1=O)C(CS)C(=O)O. The highest BCUT2D eigenvalue weighted by molar-refractivity contribution is 7.80. The summed E-state index contributed by atoms with van der Waals surface area (Å²) in [5.74, 6) is -5.83. The summed E-state index contributed by atoms with van der Waals surface area (Å²) in [7, 11) is -1.48. The highest BCUT2D eigenvalue weighted by Gasteiger charge is 2.39. The van der Waals surface area contributed by atoms with E-state index in [2.05, 4.69) is 42.9 Å². The first-order valence-electron chi connectivity index (χ1n) is 25.2. The van der Waals surface area contributed by atoms with E-state index in [-0.39, 0.29) is 116 Å². The van der Waals surface area contributed by atoms with Gasteiger partial charge in [0.25, 0.3) is 11.8 Å².